The van der Waals surface area contributed by atoms with Gasteiger partial charge < -0.3 is 19.1 Å². The second-order valence-electron chi connectivity index (χ2n) is 7.10. The summed E-state index contributed by atoms with van der Waals surface area (Å²) in [6, 6.07) is 12.6. The van der Waals surface area contributed by atoms with E-state index in [0.29, 0.717) is 61.2 Å². The minimum absolute atomic E-state index is 0.0835. The number of likely N-dealkylation sites (tertiary alicyclic amines) is 1. The summed E-state index contributed by atoms with van der Waals surface area (Å²) in [5, 5.41) is 0.672. The molecule has 1 aliphatic rings. The quantitative estimate of drug-likeness (QED) is 0.610. The Morgan fingerprint density at radius 1 is 1.07 bits per heavy atom. The molecule has 3 rings (SSSR count). The van der Waals surface area contributed by atoms with Crippen LogP contribution in [0.15, 0.2) is 42.5 Å². The smallest absolute Gasteiger partial charge is 0.309 e. The van der Waals surface area contributed by atoms with Gasteiger partial charge in [-0.3, -0.25) is 9.59 Å². The fourth-order valence-electron chi connectivity index (χ4n) is 3.42. The van der Waals surface area contributed by atoms with Crippen LogP contribution in [0.4, 0.5) is 0 Å². The van der Waals surface area contributed by atoms with Crippen LogP contribution in [0.25, 0.3) is 0 Å². The number of carbonyl (C=O) groups is 2. The number of hydrogen-bond acceptors (Lipinski definition) is 5. The average Bonchev–Trinajstić information content (AvgIpc) is 2.78. The molecule has 0 spiro atoms. The highest BCUT2D eigenvalue weighted by molar-refractivity contribution is 6.30. The second kappa shape index (κ2) is 10.3. The molecule has 7 heteroatoms. The minimum atomic E-state index is -0.173. The van der Waals surface area contributed by atoms with Crippen LogP contribution in [0, 0.1) is 5.92 Å². The van der Waals surface area contributed by atoms with E-state index in [2.05, 4.69) is 0 Å². The number of esters is 1. The van der Waals surface area contributed by atoms with Gasteiger partial charge >= 0.3 is 5.97 Å². The van der Waals surface area contributed by atoms with Crippen molar-refractivity contribution >= 4 is 23.5 Å². The van der Waals surface area contributed by atoms with E-state index in [9.17, 15) is 9.59 Å². The van der Waals surface area contributed by atoms with Crippen molar-refractivity contribution in [2.24, 2.45) is 5.92 Å². The first kappa shape index (κ1) is 22.0. The number of benzene rings is 2. The van der Waals surface area contributed by atoms with Gasteiger partial charge in [-0.15, -0.1) is 0 Å². The van der Waals surface area contributed by atoms with Gasteiger partial charge in [-0.1, -0.05) is 23.7 Å². The predicted molar refractivity (Wildman–Crippen MR) is 114 cm³/mol. The summed E-state index contributed by atoms with van der Waals surface area (Å²) in [6.45, 7) is 3.60. The fourth-order valence-corrected chi connectivity index (χ4v) is 3.55. The molecule has 1 fully saturated rings. The molecule has 0 unspecified atom stereocenters. The van der Waals surface area contributed by atoms with Gasteiger partial charge in [0.25, 0.3) is 5.91 Å². The third-order valence-corrected chi connectivity index (χ3v) is 5.37. The highest BCUT2D eigenvalue weighted by Gasteiger charge is 2.29. The van der Waals surface area contributed by atoms with Gasteiger partial charge in [0.2, 0.25) is 0 Å². The van der Waals surface area contributed by atoms with E-state index in [0.717, 1.165) is 5.56 Å². The lowest BCUT2D eigenvalue weighted by Gasteiger charge is -2.31. The standard InChI is InChI=1S/C23H26ClNO5/c1-3-29-23(27)17-10-12-25(13-11-17)22(26)18-6-9-20(21(14-18)28-2)30-15-16-4-7-19(24)8-5-16/h4-9,14,17H,3,10-13,15H2,1-2H3. The molecule has 1 amide bonds. The van der Waals surface area contributed by atoms with E-state index < -0.39 is 0 Å². The Labute approximate surface area is 181 Å². The molecule has 0 aliphatic carbocycles. The Bertz CT molecular complexity index is 876. The molecule has 1 heterocycles. The highest BCUT2D eigenvalue weighted by atomic mass is 35.5. The molecule has 0 saturated carbocycles. The number of carbonyl (C=O) groups excluding carboxylic acids is 2. The summed E-state index contributed by atoms with van der Waals surface area (Å²) in [4.78, 5) is 26.5. The number of methoxy groups -OCH3 is 1. The van der Waals surface area contributed by atoms with Crippen LogP contribution in [0.1, 0.15) is 35.7 Å². The van der Waals surface area contributed by atoms with Crippen LogP contribution in [0.5, 0.6) is 11.5 Å². The van der Waals surface area contributed by atoms with Crippen LogP contribution in [-0.4, -0.2) is 43.6 Å². The minimum Gasteiger partial charge on any atom is -0.493 e. The van der Waals surface area contributed by atoms with Gasteiger partial charge in [0.1, 0.15) is 6.61 Å². The van der Waals surface area contributed by atoms with Gasteiger partial charge in [-0.25, -0.2) is 0 Å². The molecule has 6 nitrogen and oxygen atoms in total. The van der Waals surface area contributed by atoms with Gasteiger partial charge in [-0.05, 0) is 55.7 Å². The zero-order valence-corrected chi connectivity index (χ0v) is 18.0. The summed E-state index contributed by atoms with van der Waals surface area (Å²) in [5.41, 5.74) is 1.51. The molecule has 160 valence electrons. The maximum atomic E-state index is 12.9. The molecule has 2 aromatic rings. The van der Waals surface area contributed by atoms with Crippen LogP contribution in [0.3, 0.4) is 0 Å². The average molecular weight is 432 g/mol. The summed E-state index contributed by atoms with van der Waals surface area (Å²) < 4.78 is 16.4. The first-order valence-corrected chi connectivity index (χ1v) is 10.4. The maximum Gasteiger partial charge on any atom is 0.309 e. The van der Waals surface area contributed by atoms with Crippen molar-refractivity contribution in [3.05, 3.63) is 58.6 Å². The van der Waals surface area contributed by atoms with E-state index in [1.54, 1.807) is 37.1 Å². The molecule has 0 bridgehead atoms. The van der Waals surface area contributed by atoms with E-state index >= 15 is 0 Å². The lowest BCUT2D eigenvalue weighted by Crippen LogP contribution is -2.40. The zero-order valence-electron chi connectivity index (χ0n) is 17.2. The zero-order chi connectivity index (χ0) is 21.5. The SMILES string of the molecule is CCOC(=O)C1CCN(C(=O)c2ccc(OCc3ccc(Cl)cc3)c(OC)c2)CC1. The lowest BCUT2D eigenvalue weighted by atomic mass is 9.96. The number of halogens is 1. The Hall–Kier alpha value is -2.73. The molecular weight excluding hydrogens is 406 g/mol. The van der Waals surface area contributed by atoms with E-state index in [4.69, 9.17) is 25.8 Å². The number of amides is 1. The Kier molecular flexibility index (Phi) is 7.57. The molecule has 0 radical (unpaired) electrons. The summed E-state index contributed by atoms with van der Waals surface area (Å²) in [6.07, 6.45) is 1.23. The molecular formula is C23H26ClNO5. The van der Waals surface area contributed by atoms with Crippen LogP contribution < -0.4 is 9.47 Å². The molecule has 0 aromatic heterocycles. The first-order valence-electron chi connectivity index (χ1n) is 10.0. The number of nitrogens with zero attached hydrogens (tertiary/aromatic N) is 1. The first-order chi connectivity index (χ1) is 14.5. The number of ether oxygens (including phenoxy) is 3. The van der Waals surface area contributed by atoms with Crippen molar-refractivity contribution in [1.82, 2.24) is 4.90 Å². The highest BCUT2D eigenvalue weighted by Crippen LogP contribution is 2.30. The number of piperidine rings is 1. The molecule has 1 saturated heterocycles. The number of hydrogen-bond donors (Lipinski definition) is 0. The van der Waals surface area contributed by atoms with Crippen LogP contribution in [-0.2, 0) is 16.1 Å². The predicted octanol–water partition coefficient (Wildman–Crippen LogP) is 4.34. The molecule has 30 heavy (non-hydrogen) atoms. The topological polar surface area (TPSA) is 65.1 Å². The van der Waals surface area contributed by atoms with Crippen molar-refractivity contribution in [3.8, 4) is 11.5 Å². The Morgan fingerprint density at radius 2 is 1.77 bits per heavy atom. The normalized spacial score (nSPS) is 14.3. The van der Waals surface area contributed by atoms with Crippen molar-refractivity contribution in [1.29, 1.82) is 0 Å². The molecule has 0 N–H and O–H groups in total. The molecule has 1 aliphatic heterocycles. The van der Waals surface area contributed by atoms with Crippen molar-refractivity contribution in [3.63, 3.8) is 0 Å². The molecule has 0 atom stereocenters. The van der Waals surface area contributed by atoms with Crippen LogP contribution >= 0.6 is 11.6 Å². The fraction of sp³-hybridized carbons (Fsp3) is 0.391. The lowest BCUT2D eigenvalue weighted by molar-refractivity contribution is -0.149. The van der Waals surface area contributed by atoms with Gasteiger partial charge in [0.05, 0.1) is 19.6 Å². The summed E-state index contributed by atoms with van der Waals surface area (Å²) in [7, 11) is 1.55. The Morgan fingerprint density at radius 3 is 2.40 bits per heavy atom. The second-order valence-corrected chi connectivity index (χ2v) is 7.54. The summed E-state index contributed by atoms with van der Waals surface area (Å²) in [5.74, 6) is 0.668. The summed E-state index contributed by atoms with van der Waals surface area (Å²) >= 11 is 5.91. The van der Waals surface area contributed by atoms with Gasteiger partial charge in [0.15, 0.2) is 11.5 Å². The maximum absolute atomic E-state index is 12.9. The van der Waals surface area contributed by atoms with E-state index in [1.165, 1.54) is 0 Å². The van der Waals surface area contributed by atoms with Crippen molar-refractivity contribution < 1.29 is 23.8 Å². The van der Waals surface area contributed by atoms with Crippen molar-refractivity contribution in [2.75, 3.05) is 26.8 Å². The third-order valence-electron chi connectivity index (χ3n) is 5.12. The Balaban J connectivity index is 1.62. The van der Waals surface area contributed by atoms with E-state index in [-0.39, 0.29) is 17.8 Å². The largest absolute Gasteiger partial charge is 0.493 e. The van der Waals surface area contributed by atoms with Crippen molar-refractivity contribution in [2.45, 2.75) is 26.4 Å². The third kappa shape index (κ3) is 5.45. The molecule has 2 aromatic carbocycles. The number of rotatable bonds is 7. The van der Waals surface area contributed by atoms with Gasteiger partial charge in [-0.2, -0.15) is 0 Å². The van der Waals surface area contributed by atoms with E-state index in [1.807, 2.05) is 24.3 Å². The monoisotopic (exact) mass is 431 g/mol. The van der Waals surface area contributed by atoms with Crippen LogP contribution in [0.2, 0.25) is 5.02 Å². The van der Waals surface area contributed by atoms with Gasteiger partial charge in [0, 0.05) is 23.7 Å².